The molecule has 2 unspecified atom stereocenters. The van der Waals surface area contributed by atoms with Crippen LogP contribution in [0.3, 0.4) is 0 Å². The van der Waals surface area contributed by atoms with Gasteiger partial charge in [-0.1, -0.05) is 42.5 Å². The highest BCUT2D eigenvalue weighted by molar-refractivity contribution is 5.90. The van der Waals surface area contributed by atoms with E-state index in [-0.39, 0.29) is 5.56 Å². The number of hydrogen-bond donors (Lipinski definition) is 3. The van der Waals surface area contributed by atoms with Gasteiger partial charge >= 0.3 is 5.97 Å². The zero-order chi connectivity index (χ0) is 12.5. The van der Waals surface area contributed by atoms with Crippen molar-refractivity contribution < 1.29 is 9.90 Å². The molecule has 2 atom stereocenters. The molecule has 17 heavy (non-hydrogen) atoms. The van der Waals surface area contributed by atoms with Crippen LogP contribution in [0.25, 0.3) is 0 Å². The lowest BCUT2D eigenvalue weighted by Gasteiger charge is -2.34. The van der Waals surface area contributed by atoms with Crippen LogP contribution in [0.4, 0.5) is 0 Å². The van der Waals surface area contributed by atoms with Crippen molar-refractivity contribution in [2.75, 3.05) is 0 Å². The average Bonchev–Trinajstić information content (AvgIpc) is 2.33. The van der Waals surface area contributed by atoms with Crippen molar-refractivity contribution in [2.24, 2.45) is 11.5 Å². The van der Waals surface area contributed by atoms with Gasteiger partial charge in [-0.05, 0) is 11.6 Å². The molecular formula is C13H14N2O2. The van der Waals surface area contributed by atoms with E-state index in [0.717, 1.165) is 0 Å². The van der Waals surface area contributed by atoms with E-state index in [2.05, 4.69) is 0 Å². The minimum absolute atomic E-state index is 0.186. The number of benzene rings is 1. The monoisotopic (exact) mass is 230 g/mol. The zero-order valence-electron chi connectivity index (χ0n) is 9.21. The first-order valence-corrected chi connectivity index (χ1v) is 5.29. The van der Waals surface area contributed by atoms with Crippen LogP contribution in [0.15, 0.2) is 48.6 Å². The van der Waals surface area contributed by atoms with E-state index in [9.17, 15) is 4.79 Å². The second-order valence-electron chi connectivity index (χ2n) is 4.05. The highest BCUT2D eigenvalue weighted by Crippen LogP contribution is 2.29. The molecule has 0 amide bonds. The van der Waals surface area contributed by atoms with Gasteiger partial charge in [-0.3, -0.25) is 0 Å². The predicted octanol–water partition coefficient (Wildman–Crippen LogP) is 0.992. The van der Waals surface area contributed by atoms with Gasteiger partial charge in [0.25, 0.3) is 0 Å². The van der Waals surface area contributed by atoms with Crippen molar-refractivity contribution in [1.82, 2.24) is 0 Å². The number of carbonyl (C=O) groups is 1. The van der Waals surface area contributed by atoms with E-state index < -0.39 is 17.6 Å². The number of nitrogens with two attached hydrogens (primary N) is 2. The fourth-order valence-corrected chi connectivity index (χ4v) is 1.99. The molecule has 4 heteroatoms. The Morgan fingerprint density at radius 2 is 2.00 bits per heavy atom. The van der Waals surface area contributed by atoms with Crippen LogP contribution >= 0.6 is 0 Å². The van der Waals surface area contributed by atoms with Crippen molar-refractivity contribution in [1.29, 1.82) is 0 Å². The number of rotatable bonds is 2. The summed E-state index contributed by atoms with van der Waals surface area (Å²) in [5.74, 6) is -0.999. The van der Waals surface area contributed by atoms with Gasteiger partial charge in [-0.25, -0.2) is 4.79 Å². The van der Waals surface area contributed by atoms with Gasteiger partial charge in [-0.15, -0.1) is 0 Å². The standard InChI is InChI=1S/C13H14N2O2/c14-11-7-3-4-8-13(11,15)10-6-2-1-5-9(10)12(16)17/h1-8,11H,14-15H2,(H,16,17). The third-order valence-electron chi connectivity index (χ3n) is 2.98. The fourth-order valence-electron chi connectivity index (χ4n) is 1.99. The summed E-state index contributed by atoms with van der Waals surface area (Å²) >= 11 is 0. The summed E-state index contributed by atoms with van der Waals surface area (Å²) in [7, 11) is 0. The van der Waals surface area contributed by atoms with Gasteiger partial charge in [0.05, 0.1) is 11.1 Å². The Morgan fingerprint density at radius 3 is 2.65 bits per heavy atom. The zero-order valence-corrected chi connectivity index (χ0v) is 9.21. The third-order valence-corrected chi connectivity index (χ3v) is 2.98. The first-order valence-electron chi connectivity index (χ1n) is 5.29. The largest absolute Gasteiger partial charge is 0.478 e. The molecule has 4 nitrogen and oxygen atoms in total. The molecule has 1 aromatic rings. The average molecular weight is 230 g/mol. The normalized spacial score (nSPS) is 27.1. The van der Waals surface area contributed by atoms with Crippen LogP contribution in [0.1, 0.15) is 15.9 Å². The van der Waals surface area contributed by atoms with Crippen LogP contribution in [-0.4, -0.2) is 17.1 Å². The van der Waals surface area contributed by atoms with Crippen molar-refractivity contribution in [3.63, 3.8) is 0 Å². The minimum atomic E-state index is -0.999. The van der Waals surface area contributed by atoms with E-state index in [4.69, 9.17) is 16.6 Å². The lowest BCUT2D eigenvalue weighted by molar-refractivity contribution is 0.0694. The Kier molecular flexibility index (Phi) is 2.83. The third kappa shape index (κ3) is 1.88. The van der Waals surface area contributed by atoms with E-state index in [1.807, 2.05) is 0 Å². The fraction of sp³-hybridized carbons (Fsp3) is 0.154. The number of carboxylic acid groups (broad SMARTS) is 1. The van der Waals surface area contributed by atoms with Crippen molar-refractivity contribution >= 4 is 5.97 Å². The number of aromatic carboxylic acids is 1. The SMILES string of the molecule is NC1C=CC=CC1(N)c1ccccc1C(=O)O. The van der Waals surface area contributed by atoms with E-state index >= 15 is 0 Å². The van der Waals surface area contributed by atoms with Gasteiger partial charge in [0.2, 0.25) is 0 Å². The molecule has 0 fully saturated rings. The molecule has 0 radical (unpaired) electrons. The predicted molar refractivity (Wildman–Crippen MR) is 65.5 cm³/mol. The lowest BCUT2D eigenvalue weighted by atomic mass is 9.79. The van der Waals surface area contributed by atoms with Crippen LogP contribution in [0.2, 0.25) is 0 Å². The maximum absolute atomic E-state index is 11.2. The molecule has 0 heterocycles. The Bertz CT molecular complexity index is 508. The summed E-state index contributed by atoms with van der Waals surface area (Å²) in [6, 6.07) is 6.23. The molecule has 88 valence electrons. The van der Waals surface area contributed by atoms with Crippen molar-refractivity contribution in [3.8, 4) is 0 Å². The molecule has 1 aromatic carbocycles. The minimum Gasteiger partial charge on any atom is -0.478 e. The van der Waals surface area contributed by atoms with Crippen molar-refractivity contribution in [3.05, 3.63) is 59.7 Å². The molecular weight excluding hydrogens is 216 g/mol. The topological polar surface area (TPSA) is 89.3 Å². The Morgan fingerprint density at radius 1 is 1.29 bits per heavy atom. The Labute approximate surface area is 99.2 Å². The molecule has 2 rings (SSSR count). The smallest absolute Gasteiger partial charge is 0.336 e. The molecule has 0 spiro atoms. The Hall–Kier alpha value is -1.91. The molecule has 0 bridgehead atoms. The van der Waals surface area contributed by atoms with Gasteiger partial charge < -0.3 is 16.6 Å². The van der Waals surface area contributed by atoms with Gasteiger partial charge in [0.1, 0.15) is 0 Å². The summed E-state index contributed by atoms with van der Waals surface area (Å²) < 4.78 is 0. The van der Waals surface area contributed by atoms with Gasteiger partial charge in [-0.2, -0.15) is 0 Å². The van der Waals surface area contributed by atoms with Crippen molar-refractivity contribution in [2.45, 2.75) is 11.6 Å². The molecule has 0 saturated heterocycles. The second kappa shape index (κ2) is 4.16. The number of hydrogen-bond acceptors (Lipinski definition) is 3. The molecule has 5 N–H and O–H groups in total. The molecule has 1 aliphatic carbocycles. The second-order valence-corrected chi connectivity index (χ2v) is 4.05. The van der Waals surface area contributed by atoms with E-state index in [1.165, 1.54) is 6.07 Å². The highest BCUT2D eigenvalue weighted by Gasteiger charge is 2.34. The molecule has 0 saturated carbocycles. The van der Waals surface area contributed by atoms with Gasteiger partial charge in [0.15, 0.2) is 0 Å². The first-order chi connectivity index (χ1) is 8.05. The quantitative estimate of drug-likeness (QED) is 0.706. The first kappa shape index (κ1) is 11.6. The molecule has 0 aromatic heterocycles. The molecule has 1 aliphatic rings. The lowest BCUT2D eigenvalue weighted by Crippen LogP contribution is -2.51. The highest BCUT2D eigenvalue weighted by atomic mass is 16.4. The summed E-state index contributed by atoms with van der Waals surface area (Å²) in [6.45, 7) is 0. The van der Waals surface area contributed by atoms with Crippen LogP contribution in [0.5, 0.6) is 0 Å². The van der Waals surface area contributed by atoms with E-state index in [1.54, 1.807) is 42.5 Å². The maximum atomic E-state index is 11.2. The summed E-state index contributed by atoms with van der Waals surface area (Å²) in [5.41, 5.74) is 11.9. The summed E-state index contributed by atoms with van der Waals surface area (Å²) in [4.78, 5) is 11.2. The Balaban J connectivity index is 2.57. The number of carboxylic acids is 1. The number of allylic oxidation sites excluding steroid dienone is 2. The summed E-state index contributed by atoms with van der Waals surface area (Å²) in [5, 5.41) is 9.16. The summed E-state index contributed by atoms with van der Waals surface area (Å²) in [6.07, 6.45) is 7.08. The van der Waals surface area contributed by atoms with Crippen LogP contribution in [0, 0.1) is 0 Å². The van der Waals surface area contributed by atoms with Gasteiger partial charge in [0, 0.05) is 6.04 Å². The van der Waals surface area contributed by atoms with Crippen LogP contribution in [-0.2, 0) is 5.54 Å². The van der Waals surface area contributed by atoms with E-state index in [0.29, 0.717) is 5.56 Å². The molecule has 0 aliphatic heterocycles. The van der Waals surface area contributed by atoms with Crippen LogP contribution < -0.4 is 11.5 Å². The maximum Gasteiger partial charge on any atom is 0.336 e.